The van der Waals surface area contributed by atoms with Crippen molar-refractivity contribution in [3.05, 3.63) is 42.7 Å². The van der Waals surface area contributed by atoms with E-state index in [2.05, 4.69) is 40.1 Å². The lowest BCUT2D eigenvalue weighted by atomic mass is 10.3. The Bertz CT molecular complexity index is 475. The van der Waals surface area contributed by atoms with E-state index in [-0.39, 0.29) is 0 Å². The zero-order valence-corrected chi connectivity index (χ0v) is 9.30. The molecule has 1 aromatic heterocycles. The maximum atomic E-state index is 4.36. The van der Waals surface area contributed by atoms with Crippen molar-refractivity contribution < 1.29 is 0 Å². The van der Waals surface area contributed by atoms with Crippen LogP contribution in [0, 0.1) is 5.92 Å². The highest BCUT2D eigenvalue weighted by Gasteiger charge is 2.35. The third-order valence-electron chi connectivity index (χ3n) is 3.12. The molecule has 1 heterocycles. The minimum atomic E-state index is 0.633. The van der Waals surface area contributed by atoms with Gasteiger partial charge in [-0.25, -0.2) is 4.98 Å². The number of aromatic nitrogens is 2. The van der Waals surface area contributed by atoms with Gasteiger partial charge in [-0.15, -0.1) is 0 Å². The summed E-state index contributed by atoms with van der Waals surface area (Å²) in [5, 5.41) is 3.35. The number of nitrogens with one attached hydrogen (secondary N) is 1. The van der Waals surface area contributed by atoms with E-state index in [0.717, 1.165) is 17.6 Å². The summed E-state index contributed by atoms with van der Waals surface area (Å²) < 4.78 is 2.23. The average Bonchev–Trinajstić information content (AvgIpc) is 2.86. The van der Waals surface area contributed by atoms with Crippen LogP contribution < -0.4 is 5.32 Å². The number of nitrogens with zero attached hydrogens (tertiary/aromatic N) is 2. The van der Waals surface area contributed by atoms with Crippen LogP contribution in [0.15, 0.2) is 42.7 Å². The summed E-state index contributed by atoms with van der Waals surface area (Å²) in [6.45, 7) is 2.27. The number of hydrogen-bond donors (Lipinski definition) is 1. The van der Waals surface area contributed by atoms with Crippen LogP contribution in [-0.2, 0) is 0 Å². The number of hydrogen-bond acceptors (Lipinski definition) is 2. The van der Waals surface area contributed by atoms with Crippen molar-refractivity contribution in [2.24, 2.45) is 5.92 Å². The van der Waals surface area contributed by atoms with Crippen LogP contribution in [0.4, 0.5) is 11.6 Å². The second-order valence-electron chi connectivity index (χ2n) is 4.43. The molecule has 2 unspecified atom stereocenters. The van der Waals surface area contributed by atoms with E-state index in [1.807, 2.05) is 24.4 Å². The van der Waals surface area contributed by atoms with Crippen LogP contribution in [0.3, 0.4) is 0 Å². The minimum Gasteiger partial charge on any atom is -0.326 e. The van der Waals surface area contributed by atoms with Crippen LogP contribution in [0.2, 0.25) is 0 Å². The van der Waals surface area contributed by atoms with Crippen molar-refractivity contribution in [3.63, 3.8) is 0 Å². The summed E-state index contributed by atoms with van der Waals surface area (Å²) in [4.78, 5) is 4.36. The molecule has 2 aromatic rings. The van der Waals surface area contributed by atoms with E-state index in [9.17, 15) is 0 Å². The van der Waals surface area contributed by atoms with E-state index >= 15 is 0 Å². The largest absolute Gasteiger partial charge is 0.326 e. The fraction of sp³-hybridized carbons (Fsp3) is 0.308. The van der Waals surface area contributed by atoms with Crippen LogP contribution in [0.5, 0.6) is 0 Å². The standard InChI is InChI=1S/C13H15N3/c1-10-9-12(10)16-8-7-14-13(16)15-11-5-3-2-4-6-11/h2-8,10,12H,9H2,1H3,(H,14,15). The van der Waals surface area contributed by atoms with Gasteiger partial charge in [0.25, 0.3) is 0 Å². The van der Waals surface area contributed by atoms with Gasteiger partial charge in [-0.2, -0.15) is 0 Å². The van der Waals surface area contributed by atoms with Gasteiger partial charge < -0.3 is 9.88 Å². The van der Waals surface area contributed by atoms with E-state index < -0.39 is 0 Å². The Morgan fingerprint density at radius 3 is 2.75 bits per heavy atom. The van der Waals surface area contributed by atoms with Crippen molar-refractivity contribution in [3.8, 4) is 0 Å². The number of para-hydroxylation sites is 1. The zero-order valence-electron chi connectivity index (χ0n) is 9.30. The fourth-order valence-electron chi connectivity index (χ4n) is 2.02. The molecule has 1 N–H and O–H groups in total. The Balaban J connectivity index is 1.82. The summed E-state index contributed by atoms with van der Waals surface area (Å²) in [6, 6.07) is 10.8. The highest BCUT2D eigenvalue weighted by atomic mass is 15.2. The molecule has 0 aliphatic heterocycles. The lowest BCUT2D eigenvalue weighted by molar-refractivity contribution is 0.693. The first-order chi connectivity index (χ1) is 7.84. The SMILES string of the molecule is CC1CC1n1ccnc1Nc1ccccc1. The zero-order chi connectivity index (χ0) is 11.0. The minimum absolute atomic E-state index is 0.633. The molecule has 2 atom stereocenters. The molecule has 1 aliphatic rings. The Kier molecular flexibility index (Phi) is 2.17. The molecule has 3 heteroatoms. The Morgan fingerprint density at radius 2 is 2.06 bits per heavy atom. The van der Waals surface area contributed by atoms with Gasteiger partial charge in [-0.1, -0.05) is 25.1 Å². The molecule has 1 saturated carbocycles. The third kappa shape index (κ3) is 1.69. The van der Waals surface area contributed by atoms with Gasteiger partial charge >= 0.3 is 0 Å². The number of imidazole rings is 1. The second-order valence-corrected chi connectivity index (χ2v) is 4.43. The predicted octanol–water partition coefficient (Wildman–Crippen LogP) is 3.21. The molecule has 1 fully saturated rings. The molecule has 0 saturated heterocycles. The number of rotatable bonds is 3. The lowest BCUT2D eigenvalue weighted by Crippen LogP contribution is -2.01. The number of anilines is 2. The van der Waals surface area contributed by atoms with Crippen molar-refractivity contribution in [1.29, 1.82) is 0 Å². The topological polar surface area (TPSA) is 29.9 Å². The maximum Gasteiger partial charge on any atom is 0.207 e. The molecular weight excluding hydrogens is 198 g/mol. The Hall–Kier alpha value is -1.77. The first-order valence-corrected chi connectivity index (χ1v) is 5.69. The molecule has 0 amide bonds. The van der Waals surface area contributed by atoms with Crippen LogP contribution in [-0.4, -0.2) is 9.55 Å². The van der Waals surface area contributed by atoms with Gasteiger partial charge in [0.05, 0.1) is 0 Å². The Morgan fingerprint density at radius 1 is 1.31 bits per heavy atom. The first-order valence-electron chi connectivity index (χ1n) is 5.69. The van der Waals surface area contributed by atoms with Crippen LogP contribution in [0.1, 0.15) is 19.4 Å². The van der Waals surface area contributed by atoms with E-state index in [1.165, 1.54) is 6.42 Å². The van der Waals surface area contributed by atoms with Gasteiger partial charge in [-0.3, -0.25) is 0 Å². The fourth-order valence-corrected chi connectivity index (χ4v) is 2.02. The van der Waals surface area contributed by atoms with E-state index in [1.54, 1.807) is 0 Å². The Labute approximate surface area is 95.1 Å². The number of benzene rings is 1. The van der Waals surface area contributed by atoms with Crippen LogP contribution >= 0.6 is 0 Å². The first kappa shape index (κ1) is 9.46. The molecule has 0 spiro atoms. The third-order valence-corrected chi connectivity index (χ3v) is 3.12. The molecular formula is C13H15N3. The lowest BCUT2D eigenvalue weighted by Gasteiger charge is -2.08. The van der Waals surface area contributed by atoms with Gasteiger partial charge in [0.15, 0.2) is 0 Å². The van der Waals surface area contributed by atoms with Crippen LogP contribution in [0.25, 0.3) is 0 Å². The molecule has 82 valence electrons. The normalized spacial score (nSPS) is 23.1. The maximum absolute atomic E-state index is 4.36. The van der Waals surface area contributed by atoms with Gasteiger partial charge in [0.2, 0.25) is 5.95 Å². The van der Waals surface area contributed by atoms with Gasteiger partial charge in [-0.05, 0) is 24.5 Å². The average molecular weight is 213 g/mol. The van der Waals surface area contributed by atoms with Gasteiger partial charge in [0, 0.05) is 24.1 Å². The van der Waals surface area contributed by atoms with Crippen molar-refractivity contribution in [2.75, 3.05) is 5.32 Å². The summed E-state index contributed by atoms with van der Waals surface area (Å²) in [6.07, 6.45) is 5.18. The molecule has 1 aliphatic carbocycles. The van der Waals surface area contributed by atoms with E-state index in [0.29, 0.717) is 6.04 Å². The summed E-state index contributed by atoms with van der Waals surface area (Å²) in [7, 11) is 0. The molecule has 0 bridgehead atoms. The second kappa shape index (κ2) is 3.67. The van der Waals surface area contributed by atoms with Crippen molar-refractivity contribution in [1.82, 2.24) is 9.55 Å². The van der Waals surface area contributed by atoms with E-state index in [4.69, 9.17) is 0 Å². The quantitative estimate of drug-likeness (QED) is 0.848. The molecule has 16 heavy (non-hydrogen) atoms. The molecule has 3 nitrogen and oxygen atoms in total. The highest BCUT2D eigenvalue weighted by molar-refractivity contribution is 5.53. The predicted molar refractivity (Wildman–Crippen MR) is 64.8 cm³/mol. The molecule has 3 rings (SSSR count). The summed E-state index contributed by atoms with van der Waals surface area (Å²) >= 11 is 0. The van der Waals surface area contributed by atoms with Gasteiger partial charge in [0.1, 0.15) is 0 Å². The monoisotopic (exact) mass is 213 g/mol. The highest BCUT2D eigenvalue weighted by Crippen LogP contribution is 2.44. The molecule has 1 aromatic carbocycles. The summed E-state index contributed by atoms with van der Waals surface area (Å²) in [5.41, 5.74) is 1.09. The summed E-state index contributed by atoms with van der Waals surface area (Å²) in [5.74, 6) is 1.73. The van der Waals surface area contributed by atoms with Crippen molar-refractivity contribution in [2.45, 2.75) is 19.4 Å². The smallest absolute Gasteiger partial charge is 0.207 e. The molecule has 0 radical (unpaired) electrons. The van der Waals surface area contributed by atoms with Crippen molar-refractivity contribution >= 4 is 11.6 Å².